The Labute approximate surface area is 102 Å². The van der Waals surface area contributed by atoms with E-state index in [0.717, 1.165) is 17.5 Å². The van der Waals surface area contributed by atoms with Gasteiger partial charge in [-0.2, -0.15) is 5.26 Å². The van der Waals surface area contributed by atoms with Crippen LogP contribution in [0.4, 0.5) is 0 Å². The van der Waals surface area contributed by atoms with Crippen molar-refractivity contribution in [1.82, 2.24) is 0 Å². The average molecular weight is 231 g/mol. The summed E-state index contributed by atoms with van der Waals surface area (Å²) in [4.78, 5) is 11.4. The zero-order chi connectivity index (χ0) is 12.8. The van der Waals surface area contributed by atoms with Gasteiger partial charge in [0.05, 0.1) is 24.7 Å². The number of esters is 1. The Morgan fingerprint density at radius 2 is 2.06 bits per heavy atom. The molecule has 0 bridgehead atoms. The molecule has 1 aromatic rings. The van der Waals surface area contributed by atoms with E-state index in [-0.39, 0.29) is 12.4 Å². The van der Waals surface area contributed by atoms with Crippen LogP contribution < -0.4 is 0 Å². The zero-order valence-electron chi connectivity index (χ0n) is 10.5. The van der Waals surface area contributed by atoms with Gasteiger partial charge in [-0.25, -0.2) is 0 Å². The van der Waals surface area contributed by atoms with Crippen LogP contribution in [0, 0.1) is 18.3 Å². The second-order valence-electron chi connectivity index (χ2n) is 3.88. The number of hydrogen-bond acceptors (Lipinski definition) is 3. The Hall–Kier alpha value is -1.82. The lowest BCUT2D eigenvalue weighted by Crippen LogP contribution is -2.09. The monoisotopic (exact) mass is 231 g/mol. The molecule has 3 heteroatoms. The van der Waals surface area contributed by atoms with Crippen LogP contribution in [0.2, 0.25) is 0 Å². The normalized spacial score (nSPS) is 9.76. The number of aryl methyl sites for hydroxylation is 2. The van der Waals surface area contributed by atoms with Gasteiger partial charge in [0.2, 0.25) is 0 Å². The number of carbonyl (C=O) groups is 1. The number of nitrogens with zero attached hydrogens (tertiary/aromatic N) is 1. The molecule has 0 fully saturated rings. The number of benzene rings is 1. The van der Waals surface area contributed by atoms with Gasteiger partial charge >= 0.3 is 5.97 Å². The maximum absolute atomic E-state index is 11.4. The smallest absolute Gasteiger partial charge is 0.310 e. The molecule has 17 heavy (non-hydrogen) atoms. The van der Waals surface area contributed by atoms with Gasteiger partial charge in [-0.1, -0.05) is 13.0 Å². The Kier molecular flexibility index (Phi) is 4.71. The van der Waals surface area contributed by atoms with Crippen LogP contribution >= 0.6 is 0 Å². The summed E-state index contributed by atoms with van der Waals surface area (Å²) in [6, 6.07) is 5.90. The third-order valence-electron chi connectivity index (χ3n) is 2.70. The minimum Gasteiger partial charge on any atom is -0.466 e. The van der Waals surface area contributed by atoms with Crippen molar-refractivity contribution in [1.29, 1.82) is 5.26 Å². The summed E-state index contributed by atoms with van der Waals surface area (Å²) in [5.41, 5.74) is 3.58. The van der Waals surface area contributed by atoms with Crippen molar-refractivity contribution < 1.29 is 9.53 Å². The minimum atomic E-state index is -0.282. The first-order valence-electron chi connectivity index (χ1n) is 5.80. The molecule has 0 heterocycles. The third-order valence-corrected chi connectivity index (χ3v) is 2.70. The number of carbonyl (C=O) groups excluding carboxylic acids is 1. The maximum Gasteiger partial charge on any atom is 0.310 e. The molecule has 0 aliphatic rings. The van der Waals surface area contributed by atoms with E-state index in [1.54, 1.807) is 6.92 Å². The fourth-order valence-corrected chi connectivity index (χ4v) is 1.80. The summed E-state index contributed by atoms with van der Waals surface area (Å²) in [7, 11) is 0. The Morgan fingerprint density at radius 1 is 1.35 bits per heavy atom. The molecule has 0 N–H and O–H groups in total. The lowest BCUT2D eigenvalue weighted by atomic mass is 9.96. The van der Waals surface area contributed by atoms with E-state index in [1.807, 2.05) is 19.1 Å². The third kappa shape index (κ3) is 3.32. The standard InChI is InChI=1S/C14H17NO2/c1-4-11-7-12(8-14(16)17-5-2)13(9-15)6-10(11)3/h6-7H,4-5,8H2,1-3H3. The van der Waals surface area contributed by atoms with Gasteiger partial charge in [0, 0.05) is 0 Å². The van der Waals surface area contributed by atoms with Crippen molar-refractivity contribution in [3.05, 3.63) is 34.4 Å². The molecule has 0 saturated carbocycles. The molecule has 0 spiro atoms. The highest BCUT2D eigenvalue weighted by Crippen LogP contribution is 2.17. The number of hydrogen-bond donors (Lipinski definition) is 0. The van der Waals surface area contributed by atoms with E-state index in [2.05, 4.69) is 13.0 Å². The molecule has 0 unspecified atom stereocenters. The number of nitriles is 1. The second kappa shape index (κ2) is 6.05. The first-order chi connectivity index (χ1) is 8.12. The number of rotatable bonds is 4. The molecule has 0 saturated heterocycles. The molecule has 1 aromatic carbocycles. The highest BCUT2D eigenvalue weighted by Gasteiger charge is 2.11. The summed E-state index contributed by atoms with van der Waals surface area (Å²) in [6.07, 6.45) is 1.07. The Morgan fingerprint density at radius 3 is 2.59 bits per heavy atom. The van der Waals surface area contributed by atoms with Gasteiger partial charge in [0.15, 0.2) is 0 Å². The summed E-state index contributed by atoms with van der Waals surface area (Å²) in [6.45, 7) is 6.18. The van der Waals surface area contributed by atoms with E-state index in [4.69, 9.17) is 10.00 Å². The Bertz CT molecular complexity index is 458. The van der Waals surface area contributed by atoms with Crippen LogP contribution in [0.15, 0.2) is 12.1 Å². The van der Waals surface area contributed by atoms with Crippen molar-refractivity contribution in [2.75, 3.05) is 6.61 Å². The molecule has 0 radical (unpaired) electrons. The van der Waals surface area contributed by atoms with Crippen molar-refractivity contribution in [2.45, 2.75) is 33.6 Å². The molecule has 0 aromatic heterocycles. The molecule has 0 aliphatic carbocycles. The van der Waals surface area contributed by atoms with Gasteiger partial charge < -0.3 is 4.74 Å². The van der Waals surface area contributed by atoms with Crippen LogP contribution in [-0.4, -0.2) is 12.6 Å². The molecule has 0 atom stereocenters. The molecule has 90 valence electrons. The van der Waals surface area contributed by atoms with E-state index < -0.39 is 0 Å². The zero-order valence-corrected chi connectivity index (χ0v) is 10.5. The first-order valence-corrected chi connectivity index (χ1v) is 5.80. The topological polar surface area (TPSA) is 50.1 Å². The summed E-state index contributed by atoms with van der Waals surface area (Å²) in [5, 5.41) is 9.05. The van der Waals surface area contributed by atoms with Crippen molar-refractivity contribution >= 4 is 5.97 Å². The summed E-state index contributed by atoms with van der Waals surface area (Å²) >= 11 is 0. The van der Waals surface area contributed by atoms with Crippen LogP contribution in [0.5, 0.6) is 0 Å². The first kappa shape index (κ1) is 13.2. The van der Waals surface area contributed by atoms with Gasteiger partial charge in [0.25, 0.3) is 0 Å². The molecule has 0 amide bonds. The molecular weight excluding hydrogens is 214 g/mol. The van der Waals surface area contributed by atoms with Crippen LogP contribution in [0.1, 0.15) is 36.1 Å². The molecule has 0 aliphatic heterocycles. The van der Waals surface area contributed by atoms with Gasteiger partial charge in [-0.15, -0.1) is 0 Å². The van der Waals surface area contributed by atoms with Crippen molar-refractivity contribution in [3.63, 3.8) is 0 Å². The van der Waals surface area contributed by atoms with E-state index in [9.17, 15) is 4.79 Å². The lowest BCUT2D eigenvalue weighted by molar-refractivity contribution is -0.142. The van der Waals surface area contributed by atoms with Crippen molar-refractivity contribution in [2.24, 2.45) is 0 Å². The van der Waals surface area contributed by atoms with Crippen LogP contribution in [0.3, 0.4) is 0 Å². The van der Waals surface area contributed by atoms with Gasteiger partial charge in [-0.05, 0) is 43.0 Å². The van der Waals surface area contributed by atoms with E-state index in [1.165, 1.54) is 5.56 Å². The van der Waals surface area contributed by atoms with Crippen molar-refractivity contribution in [3.8, 4) is 6.07 Å². The van der Waals surface area contributed by atoms with Crippen LogP contribution in [-0.2, 0) is 22.4 Å². The fourth-order valence-electron chi connectivity index (χ4n) is 1.80. The summed E-state index contributed by atoms with van der Waals surface area (Å²) < 4.78 is 4.90. The van der Waals surface area contributed by atoms with E-state index in [0.29, 0.717) is 12.2 Å². The molecular formula is C14H17NO2. The Balaban J connectivity index is 3.05. The van der Waals surface area contributed by atoms with Gasteiger partial charge in [0.1, 0.15) is 0 Å². The largest absolute Gasteiger partial charge is 0.466 e. The fraction of sp³-hybridized carbons (Fsp3) is 0.429. The highest BCUT2D eigenvalue weighted by atomic mass is 16.5. The minimum absolute atomic E-state index is 0.171. The molecule has 3 nitrogen and oxygen atoms in total. The predicted octanol–water partition coefficient (Wildman–Crippen LogP) is 2.53. The van der Waals surface area contributed by atoms with E-state index >= 15 is 0 Å². The lowest BCUT2D eigenvalue weighted by Gasteiger charge is -2.09. The predicted molar refractivity (Wildman–Crippen MR) is 65.6 cm³/mol. The SMILES string of the molecule is CCOC(=O)Cc1cc(CC)c(C)cc1C#N. The average Bonchev–Trinajstić information content (AvgIpc) is 2.31. The quantitative estimate of drug-likeness (QED) is 0.748. The number of ether oxygens (including phenoxy) is 1. The second-order valence-corrected chi connectivity index (χ2v) is 3.88. The highest BCUT2D eigenvalue weighted by molar-refractivity contribution is 5.73. The van der Waals surface area contributed by atoms with Gasteiger partial charge in [-0.3, -0.25) is 4.79 Å². The summed E-state index contributed by atoms with van der Waals surface area (Å²) in [5.74, 6) is -0.282. The van der Waals surface area contributed by atoms with Crippen LogP contribution in [0.25, 0.3) is 0 Å². The molecule has 1 rings (SSSR count). The maximum atomic E-state index is 11.4.